The molecular formula is C17H12F3NOS. The molecule has 0 unspecified atom stereocenters. The molecule has 3 rings (SSSR count). The SMILES string of the molecule is O=C(/C=C/CC(F)(F)F)c1ccc2c(c1)Nc1ccccc1S2. The van der Waals surface area contributed by atoms with Crippen molar-refractivity contribution in [3.63, 3.8) is 0 Å². The highest BCUT2D eigenvalue weighted by atomic mass is 32.2. The van der Waals surface area contributed by atoms with E-state index in [0.717, 1.165) is 33.3 Å². The van der Waals surface area contributed by atoms with Gasteiger partial charge in [-0.1, -0.05) is 30.0 Å². The van der Waals surface area contributed by atoms with Crippen LogP contribution in [0.3, 0.4) is 0 Å². The van der Waals surface area contributed by atoms with E-state index < -0.39 is 18.4 Å². The van der Waals surface area contributed by atoms with Gasteiger partial charge in [0.2, 0.25) is 0 Å². The van der Waals surface area contributed by atoms with E-state index in [4.69, 9.17) is 0 Å². The number of hydrogen-bond donors (Lipinski definition) is 1. The van der Waals surface area contributed by atoms with Crippen molar-refractivity contribution in [2.24, 2.45) is 0 Å². The van der Waals surface area contributed by atoms with Crippen LogP contribution in [0.5, 0.6) is 0 Å². The molecule has 2 aromatic carbocycles. The highest BCUT2D eigenvalue weighted by Gasteiger charge is 2.24. The van der Waals surface area contributed by atoms with Crippen molar-refractivity contribution in [1.29, 1.82) is 0 Å². The quantitative estimate of drug-likeness (QED) is 0.500. The van der Waals surface area contributed by atoms with Gasteiger partial charge in [-0.15, -0.1) is 0 Å². The van der Waals surface area contributed by atoms with Crippen molar-refractivity contribution < 1.29 is 18.0 Å². The summed E-state index contributed by atoms with van der Waals surface area (Å²) in [5, 5.41) is 3.24. The lowest BCUT2D eigenvalue weighted by Crippen LogP contribution is -2.05. The highest BCUT2D eigenvalue weighted by Crippen LogP contribution is 2.44. The Hall–Kier alpha value is -2.21. The molecule has 1 aliphatic heterocycles. The maximum absolute atomic E-state index is 12.1. The lowest BCUT2D eigenvalue weighted by atomic mass is 10.1. The molecule has 2 nitrogen and oxygen atoms in total. The minimum atomic E-state index is -4.30. The second-order valence-corrected chi connectivity index (χ2v) is 6.10. The second-order valence-electron chi connectivity index (χ2n) is 5.02. The van der Waals surface area contributed by atoms with Crippen molar-refractivity contribution in [2.75, 3.05) is 5.32 Å². The van der Waals surface area contributed by atoms with Gasteiger partial charge in [0.15, 0.2) is 5.78 Å². The molecule has 0 spiro atoms. The molecule has 2 aromatic rings. The third-order valence-electron chi connectivity index (χ3n) is 3.26. The van der Waals surface area contributed by atoms with Gasteiger partial charge in [0.1, 0.15) is 0 Å². The molecule has 0 atom stereocenters. The summed E-state index contributed by atoms with van der Waals surface area (Å²) in [7, 11) is 0. The Balaban J connectivity index is 1.78. The number of benzene rings is 2. The predicted octanol–water partition coefficient (Wildman–Crippen LogP) is 5.59. The van der Waals surface area contributed by atoms with E-state index >= 15 is 0 Å². The number of alkyl halides is 3. The lowest BCUT2D eigenvalue weighted by Gasteiger charge is -2.20. The first-order valence-electron chi connectivity index (χ1n) is 6.88. The molecule has 1 aliphatic rings. The van der Waals surface area contributed by atoms with Crippen molar-refractivity contribution in [2.45, 2.75) is 22.4 Å². The lowest BCUT2D eigenvalue weighted by molar-refractivity contribution is -0.125. The maximum Gasteiger partial charge on any atom is 0.392 e. The van der Waals surface area contributed by atoms with Crippen molar-refractivity contribution in [3.8, 4) is 0 Å². The summed E-state index contributed by atoms with van der Waals surface area (Å²) in [5.41, 5.74) is 2.08. The van der Waals surface area contributed by atoms with Gasteiger partial charge in [0.05, 0.1) is 17.8 Å². The Morgan fingerprint density at radius 3 is 2.61 bits per heavy atom. The smallest absolute Gasteiger partial charge is 0.354 e. The largest absolute Gasteiger partial charge is 0.392 e. The van der Waals surface area contributed by atoms with Crippen LogP contribution in [0.15, 0.2) is 64.4 Å². The summed E-state index contributed by atoms with van der Waals surface area (Å²) in [6.07, 6.45) is -3.59. The Morgan fingerprint density at radius 1 is 1.09 bits per heavy atom. The fourth-order valence-electron chi connectivity index (χ4n) is 2.19. The van der Waals surface area contributed by atoms with Gasteiger partial charge in [-0.3, -0.25) is 4.79 Å². The van der Waals surface area contributed by atoms with Crippen LogP contribution >= 0.6 is 11.8 Å². The Bertz CT molecular complexity index is 784. The molecule has 118 valence electrons. The second kappa shape index (κ2) is 6.12. The monoisotopic (exact) mass is 335 g/mol. The van der Waals surface area contributed by atoms with E-state index in [-0.39, 0.29) is 0 Å². The number of hydrogen-bond acceptors (Lipinski definition) is 3. The minimum absolute atomic E-state index is 0.356. The van der Waals surface area contributed by atoms with Crippen molar-refractivity contribution in [3.05, 3.63) is 60.2 Å². The van der Waals surface area contributed by atoms with Crippen LogP contribution in [0, 0.1) is 0 Å². The summed E-state index contributed by atoms with van der Waals surface area (Å²) >= 11 is 1.58. The van der Waals surface area contributed by atoms with Gasteiger partial charge >= 0.3 is 6.18 Å². The Kier molecular flexibility index (Phi) is 4.17. The molecule has 0 saturated heterocycles. The number of ketones is 1. The average Bonchev–Trinajstić information content (AvgIpc) is 2.51. The van der Waals surface area contributed by atoms with Crippen LogP contribution in [-0.4, -0.2) is 12.0 Å². The van der Waals surface area contributed by atoms with Gasteiger partial charge in [0.25, 0.3) is 0 Å². The first-order chi connectivity index (χ1) is 10.9. The molecule has 0 bridgehead atoms. The zero-order chi connectivity index (χ0) is 16.4. The fourth-order valence-corrected chi connectivity index (χ4v) is 3.16. The van der Waals surface area contributed by atoms with Gasteiger partial charge < -0.3 is 5.32 Å². The maximum atomic E-state index is 12.1. The average molecular weight is 335 g/mol. The topological polar surface area (TPSA) is 29.1 Å². The summed E-state index contributed by atoms with van der Waals surface area (Å²) in [6.45, 7) is 0. The molecule has 1 heterocycles. The number of para-hydroxylation sites is 1. The molecular weight excluding hydrogens is 323 g/mol. The van der Waals surface area contributed by atoms with E-state index in [1.54, 1.807) is 30.0 Å². The third-order valence-corrected chi connectivity index (χ3v) is 4.41. The summed E-state index contributed by atoms with van der Waals surface area (Å²) in [6, 6.07) is 12.9. The van der Waals surface area contributed by atoms with Crippen LogP contribution in [0.25, 0.3) is 0 Å². The number of allylic oxidation sites excluding steroid dienone is 2. The molecule has 1 N–H and O–H groups in total. The number of carbonyl (C=O) groups excluding carboxylic acids is 1. The summed E-state index contributed by atoms with van der Waals surface area (Å²) in [5.74, 6) is -0.442. The molecule has 23 heavy (non-hydrogen) atoms. The fraction of sp³-hybridized carbons (Fsp3) is 0.118. The third kappa shape index (κ3) is 3.76. The Labute approximate surface area is 135 Å². The molecule has 0 aromatic heterocycles. The molecule has 0 fully saturated rings. The minimum Gasteiger partial charge on any atom is -0.354 e. The molecule has 6 heteroatoms. The summed E-state index contributed by atoms with van der Waals surface area (Å²) < 4.78 is 36.3. The number of rotatable bonds is 3. The van der Waals surface area contributed by atoms with Gasteiger partial charge in [-0.2, -0.15) is 13.2 Å². The molecule has 0 amide bonds. The number of anilines is 2. The van der Waals surface area contributed by atoms with Crippen molar-refractivity contribution in [1.82, 2.24) is 0 Å². The van der Waals surface area contributed by atoms with Crippen LogP contribution in [0.2, 0.25) is 0 Å². The van der Waals surface area contributed by atoms with E-state index in [1.165, 1.54) is 0 Å². The highest BCUT2D eigenvalue weighted by molar-refractivity contribution is 7.99. The van der Waals surface area contributed by atoms with Crippen LogP contribution in [-0.2, 0) is 0 Å². The van der Waals surface area contributed by atoms with Crippen LogP contribution in [0.1, 0.15) is 16.8 Å². The number of nitrogens with one attached hydrogen (secondary N) is 1. The number of fused-ring (bicyclic) bond motifs is 2. The van der Waals surface area contributed by atoms with E-state index in [2.05, 4.69) is 5.32 Å². The first-order valence-corrected chi connectivity index (χ1v) is 7.70. The molecule has 0 aliphatic carbocycles. The molecule has 0 saturated carbocycles. The normalized spacial score (nSPS) is 13.3. The summed E-state index contributed by atoms with van der Waals surface area (Å²) in [4.78, 5) is 14.0. The first kappa shape index (κ1) is 15.7. The standard InChI is InChI=1S/C17H12F3NOS/c18-17(19,20)9-3-5-14(22)11-7-8-16-13(10-11)21-12-4-1-2-6-15(12)23-16/h1-8,10,21H,9H2/b5-3+. The van der Waals surface area contributed by atoms with Gasteiger partial charge in [-0.05, 0) is 36.4 Å². The van der Waals surface area contributed by atoms with E-state index in [1.807, 2.05) is 24.3 Å². The predicted molar refractivity (Wildman–Crippen MR) is 84.4 cm³/mol. The van der Waals surface area contributed by atoms with Crippen LogP contribution in [0.4, 0.5) is 24.5 Å². The number of halogens is 3. The van der Waals surface area contributed by atoms with Crippen LogP contribution < -0.4 is 5.32 Å². The van der Waals surface area contributed by atoms with E-state index in [0.29, 0.717) is 5.56 Å². The number of carbonyl (C=O) groups is 1. The van der Waals surface area contributed by atoms with Gasteiger partial charge in [0, 0.05) is 15.4 Å². The van der Waals surface area contributed by atoms with Gasteiger partial charge in [-0.25, -0.2) is 0 Å². The van der Waals surface area contributed by atoms with E-state index in [9.17, 15) is 18.0 Å². The molecule has 0 radical (unpaired) electrons. The zero-order valence-corrected chi connectivity index (χ0v) is 12.7. The zero-order valence-electron chi connectivity index (χ0n) is 11.9. The Morgan fingerprint density at radius 2 is 1.83 bits per heavy atom. The van der Waals surface area contributed by atoms with Crippen molar-refractivity contribution >= 4 is 28.9 Å².